The van der Waals surface area contributed by atoms with Gasteiger partial charge < -0.3 is 0 Å². The Kier molecular flexibility index (Phi) is 3.13. The highest BCUT2D eigenvalue weighted by molar-refractivity contribution is 14.1. The third-order valence-electron chi connectivity index (χ3n) is 2.44. The predicted molar refractivity (Wildman–Crippen MR) is 79.0 cm³/mol. The third kappa shape index (κ3) is 2.06. The Balaban J connectivity index is 2.22. The maximum absolute atomic E-state index is 6.11. The van der Waals surface area contributed by atoms with E-state index in [9.17, 15) is 0 Å². The van der Waals surface area contributed by atoms with E-state index in [1.165, 1.54) is 0 Å². The number of rotatable bonds is 1. The second-order valence-electron chi connectivity index (χ2n) is 3.59. The van der Waals surface area contributed by atoms with Crippen molar-refractivity contribution in [1.82, 2.24) is 19.6 Å². The van der Waals surface area contributed by atoms with Crippen molar-refractivity contribution in [3.05, 3.63) is 44.3 Å². The maximum Gasteiger partial charge on any atom is 0.169 e. The molecule has 0 aliphatic rings. The lowest BCUT2D eigenvalue weighted by Crippen LogP contribution is -1.91. The van der Waals surface area contributed by atoms with Crippen molar-refractivity contribution in [1.29, 1.82) is 0 Å². The smallest absolute Gasteiger partial charge is 0.169 e. The van der Waals surface area contributed by atoms with Crippen LogP contribution in [0.4, 0.5) is 0 Å². The van der Waals surface area contributed by atoms with Crippen LogP contribution < -0.4 is 0 Å². The zero-order chi connectivity index (χ0) is 12.7. The van der Waals surface area contributed by atoms with Crippen molar-refractivity contribution < 1.29 is 0 Å². The predicted octanol–water partition coefficient (Wildman–Crippen LogP) is 3.70. The summed E-state index contributed by atoms with van der Waals surface area (Å²) in [5.74, 6) is 0.687. The first kappa shape index (κ1) is 12.1. The molecule has 0 spiro atoms. The fourth-order valence-electron chi connectivity index (χ4n) is 1.60. The number of hydrogen-bond acceptors (Lipinski definition) is 3. The van der Waals surface area contributed by atoms with Gasteiger partial charge in [0.2, 0.25) is 0 Å². The van der Waals surface area contributed by atoms with E-state index < -0.39 is 0 Å². The molecule has 0 aliphatic heterocycles. The van der Waals surface area contributed by atoms with Crippen LogP contribution in [0.3, 0.4) is 0 Å². The van der Waals surface area contributed by atoms with E-state index in [-0.39, 0.29) is 0 Å². The summed E-state index contributed by atoms with van der Waals surface area (Å²) in [5.41, 5.74) is 1.54. The highest BCUT2D eigenvalue weighted by Crippen LogP contribution is 2.26. The van der Waals surface area contributed by atoms with Gasteiger partial charge in [-0.3, -0.25) is 4.40 Å². The minimum Gasteiger partial charge on any atom is -0.265 e. The first-order chi connectivity index (χ1) is 8.65. The molecule has 0 saturated carbocycles. The normalized spacial score (nSPS) is 11.1. The molecule has 0 radical (unpaired) electrons. The maximum atomic E-state index is 6.11. The molecule has 3 rings (SSSR count). The van der Waals surface area contributed by atoms with Gasteiger partial charge >= 0.3 is 0 Å². The van der Waals surface area contributed by atoms with Gasteiger partial charge in [0.15, 0.2) is 11.5 Å². The van der Waals surface area contributed by atoms with Crippen LogP contribution in [0.25, 0.3) is 17.0 Å². The first-order valence-corrected chi connectivity index (χ1v) is 6.80. The van der Waals surface area contributed by atoms with Crippen molar-refractivity contribution in [2.75, 3.05) is 0 Å². The minimum absolute atomic E-state index is 0.391. The molecule has 4 nitrogen and oxygen atoms in total. The third-order valence-corrected chi connectivity index (χ3v) is 4.22. The number of benzene rings is 1. The zero-order valence-electron chi connectivity index (χ0n) is 8.81. The Bertz CT molecular complexity index is 741. The van der Waals surface area contributed by atoms with E-state index in [1.54, 1.807) is 16.8 Å². The van der Waals surface area contributed by atoms with E-state index >= 15 is 0 Å². The Morgan fingerprint density at radius 3 is 2.72 bits per heavy atom. The average molecular weight is 391 g/mol. The van der Waals surface area contributed by atoms with E-state index in [2.05, 4.69) is 37.8 Å². The van der Waals surface area contributed by atoms with Gasteiger partial charge in [0, 0.05) is 15.2 Å². The summed E-state index contributed by atoms with van der Waals surface area (Å²) in [4.78, 5) is 4.02. The molecule has 0 saturated heterocycles. The monoisotopic (exact) mass is 390 g/mol. The highest BCUT2D eigenvalue weighted by Gasteiger charge is 2.10. The SMILES string of the molecule is Clc1cc2nnc(-c3ccc(I)c(Cl)c3)n2cn1. The molecule has 0 amide bonds. The molecular formula is C11H5Cl2IN4. The summed E-state index contributed by atoms with van der Waals surface area (Å²) in [6.07, 6.45) is 1.60. The van der Waals surface area contributed by atoms with Gasteiger partial charge in [-0.25, -0.2) is 4.98 Å². The van der Waals surface area contributed by atoms with Gasteiger partial charge in [-0.15, -0.1) is 10.2 Å². The molecule has 3 aromatic rings. The fourth-order valence-corrected chi connectivity index (χ4v) is 2.26. The Hall–Kier alpha value is -0.920. The summed E-state index contributed by atoms with van der Waals surface area (Å²) in [6, 6.07) is 7.39. The van der Waals surface area contributed by atoms with Crippen LogP contribution >= 0.6 is 45.8 Å². The van der Waals surface area contributed by atoms with Crippen molar-refractivity contribution >= 4 is 51.4 Å². The topological polar surface area (TPSA) is 43.1 Å². The summed E-state index contributed by atoms with van der Waals surface area (Å²) in [7, 11) is 0. The summed E-state index contributed by atoms with van der Waals surface area (Å²) < 4.78 is 2.76. The molecule has 18 heavy (non-hydrogen) atoms. The van der Waals surface area contributed by atoms with Crippen LogP contribution in [0.2, 0.25) is 10.2 Å². The fraction of sp³-hybridized carbons (Fsp3) is 0. The van der Waals surface area contributed by atoms with Gasteiger partial charge in [0.05, 0.1) is 5.02 Å². The molecule has 0 unspecified atom stereocenters. The lowest BCUT2D eigenvalue weighted by molar-refractivity contribution is 1.08. The van der Waals surface area contributed by atoms with Crippen molar-refractivity contribution in [3.63, 3.8) is 0 Å². The van der Waals surface area contributed by atoms with Gasteiger partial charge in [0.25, 0.3) is 0 Å². The molecule has 0 N–H and O–H groups in total. The molecule has 0 aliphatic carbocycles. The largest absolute Gasteiger partial charge is 0.265 e. The Morgan fingerprint density at radius 2 is 1.94 bits per heavy atom. The molecule has 0 atom stereocenters. The molecule has 2 aromatic heterocycles. The lowest BCUT2D eigenvalue weighted by Gasteiger charge is -2.01. The van der Waals surface area contributed by atoms with Crippen molar-refractivity contribution in [2.45, 2.75) is 0 Å². The van der Waals surface area contributed by atoms with Crippen LogP contribution in [0, 0.1) is 3.57 Å². The van der Waals surface area contributed by atoms with Gasteiger partial charge in [-0.1, -0.05) is 29.3 Å². The molecule has 90 valence electrons. The summed E-state index contributed by atoms with van der Waals surface area (Å²) in [5, 5.41) is 9.26. The van der Waals surface area contributed by atoms with E-state index in [0.717, 1.165) is 9.13 Å². The summed E-state index contributed by atoms with van der Waals surface area (Å²) in [6.45, 7) is 0. The van der Waals surface area contributed by atoms with Gasteiger partial charge in [0.1, 0.15) is 11.5 Å². The first-order valence-electron chi connectivity index (χ1n) is 4.97. The lowest BCUT2D eigenvalue weighted by atomic mass is 10.2. The van der Waals surface area contributed by atoms with Crippen molar-refractivity contribution in [3.8, 4) is 11.4 Å². The Labute approximate surface area is 126 Å². The van der Waals surface area contributed by atoms with Crippen LogP contribution in [-0.2, 0) is 0 Å². The number of halogens is 3. The van der Waals surface area contributed by atoms with Gasteiger partial charge in [-0.05, 0) is 34.7 Å². The number of hydrogen-bond donors (Lipinski definition) is 0. The van der Waals surface area contributed by atoms with Gasteiger partial charge in [-0.2, -0.15) is 0 Å². The number of aromatic nitrogens is 4. The number of fused-ring (bicyclic) bond motifs is 1. The Morgan fingerprint density at radius 1 is 1.11 bits per heavy atom. The quantitative estimate of drug-likeness (QED) is 0.470. The van der Waals surface area contributed by atoms with Crippen molar-refractivity contribution in [2.24, 2.45) is 0 Å². The second kappa shape index (κ2) is 4.64. The second-order valence-corrected chi connectivity index (χ2v) is 5.55. The van der Waals surface area contributed by atoms with E-state index in [1.807, 2.05) is 18.2 Å². The van der Waals surface area contributed by atoms with Crippen LogP contribution in [0.15, 0.2) is 30.6 Å². The van der Waals surface area contributed by atoms with E-state index in [4.69, 9.17) is 23.2 Å². The van der Waals surface area contributed by atoms with E-state index in [0.29, 0.717) is 21.6 Å². The highest BCUT2D eigenvalue weighted by atomic mass is 127. The zero-order valence-corrected chi connectivity index (χ0v) is 12.5. The summed E-state index contributed by atoms with van der Waals surface area (Å²) >= 11 is 14.1. The molecule has 2 heterocycles. The average Bonchev–Trinajstić information content (AvgIpc) is 2.75. The van der Waals surface area contributed by atoms with Crippen LogP contribution in [-0.4, -0.2) is 19.6 Å². The molecule has 0 fully saturated rings. The molecule has 0 bridgehead atoms. The minimum atomic E-state index is 0.391. The molecule has 1 aromatic carbocycles. The molecule has 7 heteroatoms. The van der Waals surface area contributed by atoms with Crippen LogP contribution in [0.5, 0.6) is 0 Å². The van der Waals surface area contributed by atoms with Crippen LogP contribution in [0.1, 0.15) is 0 Å². The standard InChI is InChI=1S/C11H5Cl2IN4/c12-7-3-6(1-2-8(7)14)11-17-16-10-4-9(13)15-5-18(10)11/h1-5H. The number of nitrogens with zero attached hydrogens (tertiary/aromatic N) is 4. The molecular weight excluding hydrogens is 386 g/mol.